The maximum absolute atomic E-state index is 13.0. The fourth-order valence-electron chi connectivity index (χ4n) is 2.62. The summed E-state index contributed by atoms with van der Waals surface area (Å²) in [4.78, 5) is 12.2. The van der Waals surface area contributed by atoms with Crippen LogP contribution in [0.4, 0.5) is 4.39 Å². The van der Waals surface area contributed by atoms with E-state index in [1.807, 2.05) is 6.07 Å². The molecule has 2 aromatic carbocycles. The third kappa shape index (κ3) is 3.16. The number of hydrogen-bond acceptors (Lipinski definition) is 3. The van der Waals surface area contributed by atoms with Gasteiger partial charge in [0.2, 0.25) is 0 Å². The lowest BCUT2D eigenvalue weighted by Crippen LogP contribution is -2.44. The summed E-state index contributed by atoms with van der Waals surface area (Å²) in [6.45, 7) is 0.376. The number of carbonyl (C=O) groups is 1. The van der Waals surface area contributed by atoms with Crippen molar-refractivity contribution < 1.29 is 19.0 Å². The van der Waals surface area contributed by atoms with Crippen molar-refractivity contribution in [3.05, 3.63) is 64.4 Å². The van der Waals surface area contributed by atoms with Crippen LogP contribution in [-0.2, 0) is 5.60 Å². The van der Waals surface area contributed by atoms with Crippen molar-refractivity contribution >= 4 is 17.5 Å². The van der Waals surface area contributed by atoms with Gasteiger partial charge in [0.25, 0.3) is 5.91 Å². The first kappa shape index (κ1) is 15.8. The van der Waals surface area contributed by atoms with E-state index in [0.29, 0.717) is 24.3 Å². The normalized spacial score (nSPS) is 19.6. The maximum atomic E-state index is 13.0. The molecular formula is C17H15ClFNO3. The van der Waals surface area contributed by atoms with Crippen LogP contribution < -0.4 is 10.1 Å². The number of halogens is 2. The highest BCUT2D eigenvalue weighted by Gasteiger charge is 2.35. The molecule has 1 aliphatic rings. The monoisotopic (exact) mass is 335 g/mol. The molecule has 0 spiro atoms. The lowest BCUT2D eigenvalue weighted by Gasteiger charge is -2.34. The molecule has 0 fully saturated rings. The second-order valence-electron chi connectivity index (χ2n) is 5.43. The Balaban J connectivity index is 1.77. The summed E-state index contributed by atoms with van der Waals surface area (Å²) in [5, 5.41) is 13.5. The molecule has 0 bridgehead atoms. The maximum Gasteiger partial charge on any atom is 0.252 e. The van der Waals surface area contributed by atoms with Crippen LogP contribution in [0.5, 0.6) is 5.75 Å². The molecule has 1 heterocycles. The molecule has 0 radical (unpaired) electrons. The molecule has 1 amide bonds. The van der Waals surface area contributed by atoms with Gasteiger partial charge < -0.3 is 15.2 Å². The van der Waals surface area contributed by atoms with Crippen LogP contribution in [0.2, 0.25) is 5.02 Å². The van der Waals surface area contributed by atoms with Gasteiger partial charge in [0.15, 0.2) is 0 Å². The van der Waals surface area contributed by atoms with Crippen LogP contribution in [0.3, 0.4) is 0 Å². The number of rotatable bonds is 3. The highest BCUT2D eigenvalue weighted by Crippen LogP contribution is 2.36. The Morgan fingerprint density at radius 3 is 2.91 bits per heavy atom. The highest BCUT2D eigenvalue weighted by atomic mass is 35.5. The summed E-state index contributed by atoms with van der Waals surface area (Å²) in [6.07, 6.45) is 0.363. The number of benzene rings is 2. The number of para-hydroxylation sites is 1. The van der Waals surface area contributed by atoms with E-state index in [0.717, 1.165) is 6.07 Å². The Morgan fingerprint density at radius 2 is 2.13 bits per heavy atom. The fraction of sp³-hybridized carbons (Fsp3) is 0.235. The molecule has 2 aromatic rings. The molecule has 4 nitrogen and oxygen atoms in total. The predicted octanol–water partition coefficient (Wildman–Crippen LogP) is 2.88. The van der Waals surface area contributed by atoms with Gasteiger partial charge in [0.1, 0.15) is 17.2 Å². The molecule has 23 heavy (non-hydrogen) atoms. The van der Waals surface area contributed by atoms with Gasteiger partial charge in [-0.3, -0.25) is 4.79 Å². The molecule has 1 unspecified atom stereocenters. The van der Waals surface area contributed by atoms with Crippen molar-refractivity contribution in [2.45, 2.75) is 12.0 Å². The number of carbonyl (C=O) groups excluding carboxylic acids is 1. The number of hydrogen-bond donors (Lipinski definition) is 2. The highest BCUT2D eigenvalue weighted by molar-refractivity contribution is 6.33. The van der Waals surface area contributed by atoms with Gasteiger partial charge in [-0.25, -0.2) is 4.39 Å². The van der Waals surface area contributed by atoms with Crippen LogP contribution in [0.25, 0.3) is 0 Å². The predicted molar refractivity (Wildman–Crippen MR) is 84.2 cm³/mol. The van der Waals surface area contributed by atoms with Crippen molar-refractivity contribution in [2.24, 2.45) is 0 Å². The quantitative estimate of drug-likeness (QED) is 0.906. The molecule has 2 N–H and O–H groups in total. The topological polar surface area (TPSA) is 58.6 Å². The van der Waals surface area contributed by atoms with E-state index < -0.39 is 17.3 Å². The van der Waals surface area contributed by atoms with Gasteiger partial charge in [-0.1, -0.05) is 29.8 Å². The lowest BCUT2D eigenvalue weighted by molar-refractivity contribution is -0.00160. The summed E-state index contributed by atoms with van der Waals surface area (Å²) < 4.78 is 18.6. The SMILES string of the molecule is O=C(NCC1(O)CCOc2ccccc21)c1ccc(F)cc1Cl. The van der Waals surface area contributed by atoms with Gasteiger partial charge in [0.05, 0.1) is 23.7 Å². The molecular weight excluding hydrogens is 321 g/mol. The number of aliphatic hydroxyl groups is 1. The van der Waals surface area contributed by atoms with Crippen molar-refractivity contribution in [3.63, 3.8) is 0 Å². The van der Waals surface area contributed by atoms with Crippen molar-refractivity contribution in [1.82, 2.24) is 5.32 Å². The lowest BCUT2D eigenvalue weighted by atomic mass is 9.88. The molecule has 0 aromatic heterocycles. The van der Waals surface area contributed by atoms with Crippen LogP contribution in [0.1, 0.15) is 22.3 Å². The van der Waals surface area contributed by atoms with Crippen LogP contribution in [-0.4, -0.2) is 24.2 Å². The molecule has 3 rings (SSSR count). The summed E-state index contributed by atoms with van der Waals surface area (Å²) in [5.41, 5.74) is -0.412. The Hall–Kier alpha value is -2.11. The molecule has 6 heteroatoms. The molecule has 1 aliphatic heterocycles. The minimum Gasteiger partial charge on any atom is -0.493 e. The minimum atomic E-state index is -1.21. The third-order valence-electron chi connectivity index (χ3n) is 3.88. The zero-order chi connectivity index (χ0) is 16.4. The Bertz CT molecular complexity index is 752. The minimum absolute atomic E-state index is 0.0138. The van der Waals surface area contributed by atoms with E-state index in [1.165, 1.54) is 12.1 Å². The van der Waals surface area contributed by atoms with Gasteiger partial charge in [-0.2, -0.15) is 0 Å². The van der Waals surface area contributed by atoms with Gasteiger partial charge >= 0.3 is 0 Å². The van der Waals surface area contributed by atoms with Gasteiger partial charge in [-0.15, -0.1) is 0 Å². The van der Waals surface area contributed by atoms with Crippen molar-refractivity contribution in [2.75, 3.05) is 13.2 Å². The second-order valence-corrected chi connectivity index (χ2v) is 5.84. The zero-order valence-corrected chi connectivity index (χ0v) is 12.9. The van der Waals surface area contributed by atoms with E-state index in [1.54, 1.807) is 18.2 Å². The average Bonchev–Trinajstić information content (AvgIpc) is 2.53. The molecule has 1 atom stereocenters. The van der Waals surface area contributed by atoms with Gasteiger partial charge in [0, 0.05) is 12.0 Å². The van der Waals surface area contributed by atoms with E-state index >= 15 is 0 Å². The summed E-state index contributed by atoms with van der Waals surface area (Å²) in [5.74, 6) is -0.369. The largest absolute Gasteiger partial charge is 0.493 e. The van der Waals surface area contributed by atoms with Crippen LogP contribution in [0.15, 0.2) is 42.5 Å². The second kappa shape index (κ2) is 6.18. The van der Waals surface area contributed by atoms with Crippen LogP contribution >= 0.6 is 11.6 Å². The first-order valence-corrected chi connectivity index (χ1v) is 7.55. The fourth-order valence-corrected chi connectivity index (χ4v) is 2.87. The summed E-state index contributed by atoms with van der Waals surface area (Å²) >= 11 is 5.88. The molecule has 0 aliphatic carbocycles. The first-order chi connectivity index (χ1) is 11.0. The van der Waals surface area contributed by atoms with Crippen molar-refractivity contribution in [3.8, 4) is 5.75 Å². The third-order valence-corrected chi connectivity index (χ3v) is 4.19. The molecule has 0 saturated carbocycles. The van der Waals surface area contributed by atoms with Crippen molar-refractivity contribution in [1.29, 1.82) is 0 Å². The standard InChI is InChI=1S/C17H15ClFNO3/c18-14-9-11(19)5-6-12(14)16(21)20-10-17(22)7-8-23-15-4-2-1-3-13(15)17/h1-6,9,22H,7-8,10H2,(H,20,21). The number of amides is 1. The number of ether oxygens (including phenoxy) is 1. The first-order valence-electron chi connectivity index (χ1n) is 7.17. The van der Waals surface area contributed by atoms with Crippen LogP contribution in [0, 0.1) is 5.82 Å². The number of nitrogens with one attached hydrogen (secondary N) is 1. The summed E-state index contributed by atoms with van der Waals surface area (Å²) in [7, 11) is 0. The Morgan fingerprint density at radius 1 is 1.35 bits per heavy atom. The average molecular weight is 336 g/mol. The van der Waals surface area contributed by atoms with E-state index in [2.05, 4.69) is 5.32 Å². The Labute approximate surface area is 137 Å². The Kier molecular flexibility index (Phi) is 4.24. The van der Waals surface area contributed by atoms with Gasteiger partial charge in [-0.05, 0) is 24.3 Å². The zero-order valence-electron chi connectivity index (χ0n) is 12.2. The summed E-state index contributed by atoms with van der Waals surface area (Å²) in [6, 6.07) is 10.7. The molecule has 120 valence electrons. The van der Waals surface area contributed by atoms with E-state index in [9.17, 15) is 14.3 Å². The van der Waals surface area contributed by atoms with E-state index in [4.69, 9.17) is 16.3 Å². The smallest absolute Gasteiger partial charge is 0.252 e. The molecule has 0 saturated heterocycles. The number of fused-ring (bicyclic) bond motifs is 1. The van der Waals surface area contributed by atoms with E-state index in [-0.39, 0.29) is 17.1 Å².